The van der Waals surface area contributed by atoms with Gasteiger partial charge in [0.05, 0.1) is 0 Å². The number of rotatable bonds is 5. The van der Waals surface area contributed by atoms with Crippen LogP contribution in [0.2, 0.25) is 0 Å². The summed E-state index contributed by atoms with van der Waals surface area (Å²) in [6, 6.07) is 2.74. The Kier molecular flexibility index (Phi) is 6.63. The van der Waals surface area contributed by atoms with E-state index >= 15 is 0 Å². The first kappa shape index (κ1) is 20.4. The van der Waals surface area contributed by atoms with E-state index in [0.717, 1.165) is 4.88 Å². The minimum atomic E-state index is -3.61. The lowest BCUT2D eigenvalue weighted by atomic mass is 10.1. The molecule has 9 heteroatoms. The van der Waals surface area contributed by atoms with Gasteiger partial charge in [-0.2, -0.15) is 4.31 Å². The SMILES string of the molecule is Cc1ccc(S(=O)(=O)N2CCCC2C(=O)NCC(C)(C)N)s1.Cl. The number of carbonyl (C=O) groups excluding carboxylic acids is 1. The number of hydrogen-bond donors (Lipinski definition) is 2. The van der Waals surface area contributed by atoms with Gasteiger partial charge in [-0.1, -0.05) is 0 Å². The second-order valence-electron chi connectivity index (χ2n) is 6.35. The maximum Gasteiger partial charge on any atom is 0.253 e. The van der Waals surface area contributed by atoms with Gasteiger partial charge in [-0.05, 0) is 45.7 Å². The van der Waals surface area contributed by atoms with Gasteiger partial charge in [0.1, 0.15) is 10.3 Å². The van der Waals surface area contributed by atoms with Crippen LogP contribution in [0, 0.1) is 6.92 Å². The lowest BCUT2D eigenvalue weighted by Crippen LogP contribution is -2.51. The number of sulfonamides is 1. The molecule has 1 aromatic heterocycles. The Morgan fingerprint density at radius 1 is 1.48 bits per heavy atom. The molecule has 0 aromatic carbocycles. The van der Waals surface area contributed by atoms with E-state index in [0.29, 0.717) is 30.1 Å². The summed E-state index contributed by atoms with van der Waals surface area (Å²) in [5.74, 6) is -0.270. The van der Waals surface area contributed by atoms with Crippen LogP contribution in [-0.4, -0.2) is 43.3 Å². The standard InChI is InChI=1S/C14H23N3O3S2.ClH/c1-10-6-7-12(21-10)22(19,20)17-8-4-5-11(17)13(18)16-9-14(2,3)15;/h6-7,11H,4-5,8-9,15H2,1-3H3,(H,16,18);1H. The van der Waals surface area contributed by atoms with Gasteiger partial charge in [0.2, 0.25) is 5.91 Å². The zero-order valence-electron chi connectivity index (χ0n) is 13.5. The van der Waals surface area contributed by atoms with Crippen molar-refractivity contribution in [3.63, 3.8) is 0 Å². The zero-order chi connectivity index (χ0) is 16.5. The summed E-state index contributed by atoms with van der Waals surface area (Å²) in [6.45, 7) is 6.18. The number of aryl methyl sites for hydroxylation is 1. The number of halogens is 1. The van der Waals surface area contributed by atoms with Crippen molar-refractivity contribution >= 4 is 39.7 Å². The Balaban J connectivity index is 0.00000264. The predicted molar refractivity (Wildman–Crippen MR) is 94.5 cm³/mol. The van der Waals surface area contributed by atoms with E-state index < -0.39 is 21.6 Å². The molecule has 1 aliphatic heterocycles. The van der Waals surface area contributed by atoms with Crippen LogP contribution in [0.15, 0.2) is 16.3 Å². The van der Waals surface area contributed by atoms with Crippen LogP contribution in [0.1, 0.15) is 31.6 Å². The van der Waals surface area contributed by atoms with Crippen LogP contribution in [0.3, 0.4) is 0 Å². The van der Waals surface area contributed by atoms with Crippen LogP contribution in [-0.2, 0) is 14.8 Å². The number of nitrogens with two attached hydrogens (primary N) is 1. The molecule has 2 heterocycles. The van der Waals surface area contributed by atoms with Crippen LogP contribution in [0.4, 0.5) is 0 Å². The fraction of sp³-hybridized carbons (Fsp3) is 0.643. The van der Waals surface area contributed by atoms with Crippen molar-refractivity contribution in [3.8, 4) is 0 Å². The highest BCUT2D eigenvalue weighted by atomic mass is 35.5. The summed E-state index contributed by atoms with van der Waals surface area (Å²) in [5, 5.41) is 2.76. The van der Waals surface area contributed by atoms with E-state index in [1.807, 2.05) is 20.8 Å². The highest BCUT2D eigenvalue weighted by Crippen LogP contribution is 2.30. The van der Waals surface area contributed by atoms with Crippen LogP contribution >= 0.6 is 23.7 Å². The second-order valence-corrected chi connectivity index (χ2v) is 9.75. The Bertz CT molecular complexity index is 652. The van der Waals surface area contributed by atoms with E-state index in [4.69, 9.17) is 5.73 Å². The van der Waals surface area contributed by atoms with Crippen molar-refractivity contribution in [3.05, 3.63) is 17.0 Å². The average Bonchev–Trinajstić information content (AvgIpc) is 3.03. The van der Waals surface area contributed by atoms with E-state index in [2.05, 4.69) is 5.32 Å². The topological polar surface area (TPSA) is 92.5 Å². The molecule has 2 rings (SSSR count). The lowest BCUT2D eigenvalue weighted by molar-refractivity contribution is -0.124. The lowest BCUT2D eigenvalue weighted by Gasteiger charge is -2.25. The number of hydrogen-bond acceptors (Lipinski definition) is 5. The van der Waals surface area contributed by atoms with Gasteiger partial charge in [0, 0.05) is 23.5 Å². The van der Waals surface area contributed by atoms with Crippen molar-refractivity contribution in [2.75, 3.05) is 13.1 Å². The molecule has 0 saturated carbocycles. The van der Waals surface area contributed by atoms with Gasteiger partial charge >= 0.3 is 0 Å². The van der Waals surface area contributed by atoms with Crippen LogP contribution in [0.5, 0.6) is 0 Å². The molecular weight excluding hydrogens is 358 g/mol. The molecule has 1 atom stereocenters. The molecule has 23 heavy (non-hydrogen) atoms. The van der Waals surface area contributed by atoms with E-state index in [1.54, 1.807) is 12.1 Å². The molecule has 1 saturated heterocycles. The third-order valence-corrected chi connectivity index (χ3v) is 6.88. The van der Waals surface area contributed by atoms with Crippen LogP contribution in [0.25, 0.3) is 0 Å². The Morgan fingerprint density at radius 3 is 2.65 bits per heavy atom. The number of nitrogens with one attached hydrogen (secondary N) is 1. The monoisotopic (exact) mass is 381 g/mol. The molecule has 0 spiro atoms. The number of amides is 1. The Hall–Kier alpha value is -0.670. The van der Waals surface area contributed by atoms with E-state index in [-0.39, 0.29) is 18.3 Å². The maximum atomic E-state index is 12.7. The smallest absolute Gasteiger partial charge is 0.253 e. The summed E-state index contributed by atoms with van der Waals surface area (Å²) < 4.78 is 27.0. The van der Waals surface area contributed by atoms with Gasteiger partial charge in [-0.3, -0.25) is 4.79 Å². The van der Waals surface area contributed by atoms with Crippen molar-refractivity contribution in [2.24, 2.45) is 5.73 Å². The molecule has 1 unspecified atom stereocenters. The molecule has 6 nitrogen and oxygen atoms in total. The van der Waals surface area contributed by atoms with Gasteiger partial charge < -0.3 is 11.1 Å². The summed E-state index contributed by atoms with van der Waals surface area (Å²) in [4.78, 5) is 13.3. The van der Waals surface area contributed by atoms with Crippen molar-refractivity contribution in [2.45, 2.75) is 49.4 Å². The molecule has 1 aromatic rings. The summed E-state index contributed by atoms with van der Waals surface area (Å²) >= 11 is 1.23. The minimum Gasteiger partial charge on any atom is -0.353 e. The second kappa shape index (κ2) is 7.48. The van der Waals surface area contributed by atoms with E-state index in [1.165, 1.54) is 15.6 Å². The molecule has 1 fully saturated rings. The molecule has 1 amide bonds. The fourth-order valence-electron chi connectivity index (χ4n) is 2.39. The van der Waals surface area contributed by atoms with Gasteiger partial charge in [0.25, 0.3) is 10.0 Å². The Labute approximate surface area is 147 Å². The zero-order valence-corrected chi connectivity index (χ0v) is 16.0. The van der Waals surface area contributed by atoms with Crippen molar-refractivity contribution < 1.29 is 13.2 Å². The summed E-state index contributed by atoms with van der Waals surface area (Å²) in [5.41, 5.74) is 5.33. The van der Waals surface area contributed by atoms with E-state index in [9.17, 15) is 13.2 Å². The first-order valence-corrected chi connectivity index (χ1v) is 9.52. The molecular formula is C14H24ClN3O3S2. The molecule has 3 N–H and O–H groups in total. The van der Waals surface area contributed by atoms with Crippen molar-refractivity contribution in [1.82, 2.24) is 9.62 Å². The largest absolute Gasteiger partial charge is 0.353 e. The first-order chi connectivity index (χ1) is 10.1. The van der Waals surface area contributed by atoms with Crippen molar-refractivity contribution in [1.29, 1.82) is 0 Å². The quantitative estimate of drug-likeness (QED) is 0.808. The number of carbonyl (C=O) groups is 1. The normalized spacial score (nSPS) is 19.4. The highest BCUT2D eigenvalue weighted by molar-refractivity contribution is 7.91. The predicted octanol–water partition coefficient (Wildman–Crippen LogP) is 1.48. The number of thiophene rings is 1. The van der Waals surface area contributed by atoms with Crippen LogP contribution < -0.4 is 11.1 Å². The summed E-state index contributed by atoms with van der Waals surface area (Å²) in [6.07, 6.45) is 1.23. The van der Waals surface area contributed by atoms with Gasteiger partial charge in [-0.25, -0.2) is 8.42 Å². The maximum absolute atomic E-state index is 12.7. The minimum absolute atomic E-state index is 0. The first-order valence-electron chi connectivity index (χ1n) is 7.26. The number of nitrogens with zero attached hydrogens (tertiary/aromatic N) is 1. The third kappa shape index (κ3) is 4.90. The molecule has 132 valence electrons. The molecule has 0 aliphatic carbocycles. The average molecular weight is 382 g/mol. The Morgan fingerprint density at radius 2 is 2.13 bits per heavy atom. The highest BCUT2D eigenvalue weighted by Gasteiger charge is 2.40. The fourth-order valence-corrected chi connectivity index (χ4v) is 5.46. The third-order valence-electron chi connectivity index (χ3n) is 3.50. The van der Waals surface area contributed by atoms with Gasteiger partial charge in [0.15, 0.2) is 0 Å². The molecule has 0 radical (unpaired) electrons. The van der Waals surface area contributed by atoms with Gasteiger partial charge in [-0.15, -0.1) is 23.7 Å². The molecule has 0 bridgehead atoms. The summed E-state index contributed by atoms with van der Waals surface area (Å²) in [7, 11) is -3.61. The molecule has 1 aliphatic rings.